The Morgan fingerprint density at radius 1 is 1.12 bits per heavy atom. The lowest BCUT2D eigenvalue weighted by Gasteiger charge is -2.15. The molecule has 0 bridgehead atoms. The highest BCUT2D eigenvalue weighted by molar-refractivity contribution is 5.84. The fourth-order valence-electron chi connectivity index (χ4n) is 2.84. The molecule has 0 spiro atoms. The van der Waals surface area contributed by atoms with Crippen molar-refractivity contribution in [1.29, 1.82) is 5.26 Å². The molecule has 1 aromatic heterocycles. The smallest absolute Gasteiger partial charge is 0.142 e. The van der Waals surface area contributed by atoms with Crippen LogP contribution in [0.5, 0.6) is 5.75 Å². The van der Waals surface area contributed by atoms with Gasteiger partial charge in [0.2, 0.25) is 0 Å². The number of nitrogen functional groups attached to an aromatic ring is 1. The van der Waals surface area contributed by atoms with Crippen LogP contribution < -0.4 is 10.5 Å². The van der Waals surface area contributed by atoms with Crippen molar-refractivity contribution in [3.63, 3.8) is 0 Å². The van der Waals surface area contributed by atoms with Gasteiger partial charge in [-0.05, 0) is 42.8 Å². The van der Waals surface area contributed by atoms with E-state index in [0.29, 0.717) is 22.4 Å². The number of nitrogens with two attached hydrogens (primary N) is 1. The SMILES string of the molecule is COc1ccc(-c2nc(N)c(C#N)c(-c3ccccc3F)c2C)cc1. The molecule has 0 unspecified atom stereocenters. The van der Waals surface area contributed by atoms with E-state index in [2.05, 4.69) is 11.1 Å². The quantitative estimate of drug-likeness (QED) is 0.774. The van der Waals surface area contributed by atoms with Gasteiger partial charge in [0.1, 0.15) is 29.0 Å². The van der Waals surface area contributed by atoms with Gasteiger partial charge in [0.15, 0.2) is 0 Å². The highest BCUT2D eigenvalue weighted by Gasteiger charge is 2.20. The third kappa shape index (κ3) is 2.90. The van der Waals surface area contributed by atoms with Crippen molar-refractivity contribution in [2.75, 3.05) is 12.8 Å². The average molecular weight is 333 g/mol. The van der Waals surface area contributed by atoms with E-state index in [0.717, 1.165) is 11.3 Å². The Hall–Kier alpha value is -3.39. The molecule has 0 aliphatic carbocycles. The van der Waals surface area contributed by atoms with Gasteiger partial charge in [0, 0.05) is 16.7 Å². The number of ether oxygens (including phenoxy) is 1. The lowest BCUT2D eigenvalue weighted by atomic mass is 9.92. The zero-order valence-electron chi connectivity index (χ0n) is 13.9. The summed E-state index contributed by atoms with van der Waals surface area (Å²) in [7, 11) is 1.59. The number of rotatable bonds is 3. The minimum Gasteiger partial charge on any atom is -0.497 e. The van der Waals surface area contributed by atoms with Gasteiger partial charge < -0.3 is 10.5 Å². The molecule has 5 heteroatoms. The lowest BCUT2D eigenvalue weighted by Crippen LogP contribution is -2.04. The molecule has 124 valence electrons. The summed E-state index contributed by atoms with van der Waals surface area (Å²) in [6.45, 7) is 1.81. The number of methoxy groups -OCH3 is 1. The van der Waals surface area contributed by atoms with Crippen LogP contribution in [-0.2, 0) is 0 Å². The number of aromatic nitrogens is 1. The molecule has 25 heavy (non-hydrogen) atoms. The zero-order chi connectivity index (χ0) is 18.0. The van der Waals surface area contributed by atoms with Gasteiger partial charge in [-0.2, -0.15) is 5.26 Å². The normalized spacial score (nSPS) is 10.3. The fourth-order valence-corrected chi connectivity index (χ4v) is 2.84. The summed E-state index contributed by atoms with van der Waals surface area (Å²) >= 11 is 0. The summed E-state index contributed by atoms with van der Waals surface area (Å²) < 4.78 is 19.5. The van der Waals surface area contributed by atoms with Gasteiger partial charge >= 0.3 is 0 Å². The predicted octanol–water partition coefficient (Wildman–Crippen LogP) is 4.33. The van der Waals surface area contributed by atoms with Crippen molar-refractivity contribution in [2.45, 2.75) is 6.92 Å². The van der Waals surface area contributed by atoms with E-state index < -0.39 is 5.82 Å². The van der Waals surface area contributed by atoms with Gasteiger partial charge in [-0.15, -0.1) is 0 Å². The first kappa shape index (κ1) is 16.5. The van der Waals surface area contributed by atoms with Crippen molar-refractivity contribution in [3.05, 3.63) is 65.5 Å². The van der Waals surface area contributed by atoms with E-state index in [-0.39, 0.29) is 11.4 Å². The van der Waals surface area contributed by atoms with E-state index in [9.17, 15) is 9.65 Å². The van der Waals surface area contributed by atoms with Gasteiger partial charge in [-0.3, -0.25) is 0 Å². The molecule has 0 saturated heterocycles. The van der Waals surface area contributed by atoms with Crippen LogP contribution in [0.3, 0.4) is 0 Å². The number of nitrogens with zero attached hydrogens (tertiary/aromatic N) is 2. The first-order valence-corrected chi connectivity index (χ1v) is 7.66. The number of benzene rings is 2. The van der Waals surface area contributed by atoms with Crippen LogP contribution in [0.25, 0.3) is 22.4 Å². The summed E-state index contributed by atoms with van der Waals surface area (Å²) in [6.07, 6.45) is 0. The maximum atomic E-state index is 14.3. The lowest BCUT2D eigenvalue weighted by molar-refractivity contribution is 0.415. The Balaban J connectivity index is 2.29. The monoisotopic (exact) mass is 333 g/mol. The molecule has 0 saturated carbocycles. The Morgan fingerprint density at radius 3 is 2.40 bits per heavy atom. The van der Waals surface area contributed by atoms with E-state index in [1.54, 1.807) is 25.3 Å². The number of hydrogen-bond donors (Lipinski definition) is 1. The Morgan fingerprint density at radius 2 is 1.80 bits per heavy atom. The molecule has 3 aromatic rings. The van der Waals surface area contributed by atoms with Crippen LogP contribution in [-0.4, -0.2) is 12.1 Å². The standard InChI is InChI=1S/C20H16FN3O/c1-12-18(15-5-3-4-6-17(15)21)16(11-22)20(23)24-19(12)13-7-9-14(25-2)10-8-13/h3-10H,1-2H3,(H2,23,24). The molecule has 0 fully saturated rings. The molecule has 0 atom stereocenters. The van der Waals surface area contributed by atoms with Crippen molar-refractivity contribution in [1.82, 2.24) is 4.98 Å². The average Bonchev–Trinajstić information content (AvgIpc) is 2.64. The zero-order valence-corrected chi connectivity index (χ0v) is 13.9. The molecular weight excluding hydrogens is 317 g/mol. The van der Waals surface area contributed by atoms with E-state index in [1.807, 2.05) is 31.2 Å². The van der Waals surface area contributed by atoms with Crippen molar-refractivity contribution in [2.24, 2.45) is 0 Å². The maximum Gasteiger partial charge on any atom is 0.142 e. The van der Waals surface area contributed by atoms with Crippen LogP contribution in [0.2, 0.25) is 0 Å². The molecular formula is C20H16FN3O. The summed E-state index contributed by atoms with van der Waals surface area (Å²) in [5, 5.41) is 9.50. The highest BCUT2D eigenvalue weighted by Crippen LogP contribution is 2.37. The van der Waals surface area contributed by atoms with Crippen molar-refractivity contribution < 1.29 is 9.13 Å². The van der Waals surface area contributed by atoms with Crippen molar-refractivity contribution >= 4 is 5.82 Å². The maximum absolute atomic E-state index is 14.3. The first-order chi connectivity index (χ1) is 12.1. The number of hydrogen-bond acceptors (Lipinski definition) is 4. The topological polar surface area (TPSA) is 71.9 Å². The number of pyridine rings is 1. The van der Waals surface area contributed by atoms with Gasteiger partial charge in [-0.25, -0.2) is 9.37 Å². The second-order valence-electron chi connectivity index (χ2n) is 5.54. The third-order valence-electron chi connectivity index (χ3n) is 4.09. The summed E-state index contributed by atoms with van der Waals surface area (Å²) in [4.78, 5) is 4.38. The second-order valence-corrected chi connectivity index (χ2v) is 5.54. The molecule has 0 aliphatic heterocycles. The molecule has 2 N–H and O–H groups in total. The third-order valence-corrected chi connectivity index (χ3v) is 4.09. The van der Waals surface area contributed by atoms with Crippen LogP contribution in [0, 0.1) is 24.1 Å². The number of halogens is 1. The van der Waals surface area contributed by atoms with E-state index >= 15 is 0 Å². The minimum atomic E-state index is -0.409. The Bertz CT molecular complexity index is 975. The van der Waals surface area contributed by atoms with Crippen LogP contribution in [0.4, 0.5) is 10.2 Å². The first-order valence-electron chi connectivity index (χ1n) is 7.66. The largest absolute Gasteiger partial charge is 0.497 e. The van der Waals surface area contributed by atoms with Crippen LogP contribution >= 0.6 is 0 Å². The molecule has 1 heterocycles. The Kier molecular flexibility index (Phi) is 4.36. The second kappa shape index (κ2) is 6.62. The van der Waals surface area contributed by atoms with E-state index in [1.165, 1.54) is 6.07 Å². The van der Waals surface area contributed by atoms with Gasteiger partial charge in [0.25, 0.3) is 0 Å². The number of nitriles is 1. The van der Waals surface area contributed by atoms with Gasteiger partial charge in [0.05, 0.1) is 12.8 Å². The summed E-state index contributed by atoms with van der Waals surface area (Å²) in [5.74, 6) is 0.392. The molecule has 3 rings (SSSR count). The molecule has 2 aromatic carbocycles. The van der Waals surface area contributed by atoms with Crippen LogP contribution in [0.15, 0.2) is 48.5 Å². The predicted molar refractivity (Wildman–Crippen MR) is 95.5 cm³/mol. The Labute approximate surface area is 145 Å². The molecule has 0 radical (unpaired) electrons. The van der Waals surface area contributed by atoms with E-state index in [4.69, 9.17) is 10.5 Å². The molecule has 4 nitrogen and oxygen atoms in total. The number of anilines is 1. The van der Waals surface area contributed by atoms with Crippen LogP contribution in [0.1, 0.15) is 11.1 Å². The summed E-state index contributed by atoms with van der Waals surface area (Å²) in [5.41, 5.74) is 9.10. The molecule has 0 aliphatic rings. The van der Waals surface area contributed by atoms with Crippen molar-refractivity contribution in [3.8, 4) is 34.2 Å². The summed E-state index contributed by atoms with van der Waals surface area (Å²) in [6, 6.07) is 15.7. The minimum absolute atomic E-state index is 0.0807. The fraction of sp³-hybridized carbons (Fsp3) is 0.100. The molecule has 0 amide bonds. The highest BCUT2D eigenvalue weighted by atomic mass is 19.1. The van der Waals surface area contributed by atoms with Gasteiger partial charge in [-0.1, -0.05) is 18.2 Å².